The largest absolute Gasteiger partial charge is 0.486 e. The molecule has 4 rings (SSSR count). The molecular weight excluding hydrogens is 401 g/mol. The van der Waals surface area contributed by atoms with Gasteiger partial charge in [0.2, 0.25) is 5.91 Å². The average Bonchev–Trinajstić information content (AvgIpc) is 3.22. The maximum Gasteiger partial charge on any atom is 0.227 e. The predicted octanol–water partition coefficient (Wildman–Crippen LogP) is 4.71. The minimum absolute atomic E-state index is 0.0524. The van der Waals surface area contributed by atoms with E-state index < -0.39 is 0 Å². The third-order valence-electron chi connectivity index (χ3n) is 5.16. The summed E-state index contributed by atoms with van der Waals surface area (Å²) in [4.78, 5) is 19.5. The molecule has 30 heavy (non-hydrogen) atoms. The number of piperidine rings is 1. The van der Waals surface area contributed by atoms with Crippen LogP contribution >= 0.6 is 11.3 Å². The van der Waals surface area contributed by atoms with E-state index in [9.17, 15) is 9.18 Å². The van der Waals surface area contributed by atoms with Crippen LogP contribution in [0.15, 0.2) is 60.0 Å². The van der Waals surface area contributed by atoms with E-state index in [1.807, 2.05) is 30.3 Å². The van der Waals surface area contributed by atoms with Gasteiger partial charge in [0.15, 0.2) is 0 Å². The van der Waals surface area contributed by atoms with Crippen LogP contribution in [0.4, 0.5) is 10.1 Å². The number of aromatic nitrogens is 1. The van der Waals surface area contributed by atoms with E-state index in [-0.39, 0.29) is 17.6 Å². The summed E-state index contributed by atoms with van der Waals surface area (Å²) in [5.41, 5.74) is 1.87. The molecule has 1 amide bonds. The van der Waals surface area contributed by atoms with Gasteiger partial charge < -0.3 is 10.1 Å². The molecule has 0 atom stereocenters. The van der Waals surface area contributed by atoms with Gasteiger partial charge in [-0.25, -0.2) is 9.37 Å². The molecule has 2 aromatic carbocycles. The van der Waals surface area contributed by atoms with Crippen LogP contribution in [0.2, 0.25) is 0 Å². The van der Waals surface area contributed by atoms with E-state index >= 15 is 0 Å². The summed E-state index contributed by atoms with van der Waals surface area (Å²) in [7, 11) is 0. The molecule has 2 heterocycles. The van der Waals surface area contributed by atoms with Crippen LogP contribution < -0.4 is 10.1 Å². The molecular formula is C23H24FN3O2S. The van der Waals surface area contributed by atoms with E-state index in [0.717, 1.165) is 48.9 Å². The molecule has 0 radical (unpaired) electrons. The van der Waals surface area contributed by atoms with Crippen molar-refractivity contribution in [1.29, 1.82) is 0 Å². The van der Waals surface area contributed by atoms with Gasteiger partial charge in [-0.3, -0.25) is 9.69 Å². The summed E-state index contributed by atoms with van der Waals surface area (Å²) >= 11 is 1.57. The Morgan fingerprint density at radius 1 is 1.13 bits per heavy atom. The summed E-state index contributed by atoms with van der Waals surface area (Å²) in [6, 6.07) is 15.6. The van der Waals surface area contributed by atoms with Crippen molar-refractivity contribution in [3.05, 3.63) is 76.5 Å². The van der Waals surface area contributed by atoms with Crippen LogP contribution in [0, 0.1) is 11.7 Å². The quantitative estimate of drug-likeness (QED) is 0.596. The van der Waals surface area contributed by atoms with Gasteiger partial charge in [-0.05, 0) is 62.3 Å². The Balaban J connectivity index is 1.21. The monoisotopic (exact) mass is 425 g/mol. The van der Waals surface area contributed by atoms with E-state index in [4.69, 9.17) is 4.74 Å². The summed E-state index contributed by atoms with van der Waals surface area (Å²) < 4.78 is 18.6. The molecule has 0 unspecified atom stereocenters. The van der Waals surface area contributed by atoms with Crippen LogP contribution in [-0.2, 0) is 17.9 Å². The second-order valence-electron chi connectivity index (χ2n) is 7.38. The molecule has 1 aromatic heterocycles. The summed E-state index contributed by atoms with van der Waals surface area (Å²) in [6.07, 6.45) is 1.70. The van der Waals surface area contributed by atoms with Crippen molar-refractivity contribution in [2.75, 3.05) is 18.4 Å². The highest BCUT2D eigenvalue weighted by Gasteiger charge is 2.25. The lowest BCUT2D eigenvalue weighted by Gasteiger charge is -2.30. The number of anilines is 1. The Kier molecular flexibility index (Phi) is 6.71. The summed E-state index contributed by atoms with van der Waals surface area (Å²) in [5, 5.41) is 5.96. The molecule has 7 heteroatoms. The molecule has 0 saturated carbocycles. The van der Waals surface area contributed by atoms with Gasteiger partial charge in [0.1, 0.15) is 23.2 Å². The van der Waals surface area contributed by atoms with Gasteiger partial charge in [-0.2, -0.15) is 0 Å². The van der Waals surface area contributed by atoms with Crippen molar-refractivity contribution in [2.24, 2.45) is 5.92 Å². The number of para-hydroxylation sites is 1. The normalized spacial score (nSPS) is 15.1. The van der Waals surface area contributed by atoms with Gasteiger partial charge in [0.05, 0.1) is 5.69 Å². The lowest BCUT2D eigenvalue weighted by atomic mass is 9.95. The number of carbonyl (C=O) groups excluding carboxylic acids is 1. The number of thiazole rings is 1. The molecule has 1 fully saturated rings. The van der Waals surface area contributed by atoms with Crippen LogP contribution in [0.5, 0.6) is 5.75 Å². The zero-order valence-corrected chi connectivity index (χ0v) is 17.4. The fourth-order valence-electron chi connectivity index (χ4n) is 3.51. The smallest absolute Gasteiger partial charge is 0.227 e. The first-order valence-electron chi connectivity index (χ1n) is 10.1. The number of benzene rings is 2. The van der Waals surface area contributed by atoms with E-state index in [0.29, 0.717) is 12.4 Å². The molecule has 5 nitrogen and oxygen atoms in total. The van der Waals surface area contributed by atoms with Gasteiger partial charge in [-0.1, -0.05) is 18.2 Å². The first-order chi connectivity index (χ1) is 14.7. The summed E-state index contributed by atoms with van der Waals surface area (Å²) in [6.45, 7) is 2.91. The molecule has 156 valence electrons. The van der Waals surface area contributed by atoms with Crippen LogP contribution in [0.3, 0.4) is 0 Å². The number of amides is 1. The first-order valence-corrected chi connectivity index (χ1v) is 10.9. The molecule has 0 aliphatic carbocycles. The number of rotatable bonds is 7. The van der Waals surface area contributed by atoms with Gasteiger partial charge in [0.25, 0.3) is 0 Å². The van der Waals surface area contributed by atoms with Crippen molar-refractivity contribution >= 4 is 22.9 Å². The number of nitrogens with zero attached hydrogens (tertiary/aromatic N) is 2. The second-order valence-corrected chi connectivity index (χ2v) is 8.32. The standard InChI is InChI=1S/C23H24FN3O2S/c24-18-6-8-21(9-7-18)29-15-22-25-20(16-30-22)14-27-12-10-17(11-13-27)23(28)26-19-4-2-1-3-5-19/h1-9,16-17H,10-15H2,(H,26,28). The third-order valence-corrected chi connectivity index (χ3v) is 6.03. The molecule has 1 aliphatic rings. The highest BCUT2D eigenvalue weighted by atomic mass is 32.1. The maximum atomic E-state index is 12.9. The van der Waals surface area contributed by atoms with Crippen molar-refractivity contribution in [3.63, 3.8) is 0 Å². The summed E-state index contributed by atoms with van der Waals surface area (Å²) in [5.74, 6) is 0.510. The number of nitrogens with one attached hydrogen (secondary N) is 1. The van der Waals surface area contributed by atoms with E-state index in [1.54, 1.807) is 23.5 Å². The van der Waals surface area contributed by atoms with Crippen molar-refractivity contribution in [3.8, 4) is 5.75 Å². The van der Waals surface area contributed by atoms with Gasteiger partial charge >= 0.3 is 0 Å². The Morgan fingerprint density at radius 2 is 1.87 bits per heavy atom. The fraction of sp³-hybridized carbons (Fsp3) is 0.304. The molecule has 0 spiro atoms. The highest BCUT2D eigenvalue weighted by molar-refractivity contribution is 7.09. The molecule has 1 N–H and O–H groups in total. The molecule has 0 bridgehead atoms. The zero-order valence-electron chi connectivity index (χ0n) is 16.6. The second kappa shape index (κ2) is 9.82. The Hall–Kier alpha value is -2.77. The zero-order chi connectivity index (χ0) is 20.8. The predicted molar refractivity (Wildman–Crippen MR) is 116 cm³/mol. The average molecular weight is 426 g/mol. The number of likely N-dealkylation sites (tertiary alicyclic amines) is 1. The van der Waals surface area contributed by atoms with E-state index in [2.05, 4.69) is 20.6 Å². The van der Waals surface area contributed by atoms with E-state index in [1.165, 1.54) is 12.1 Å². The Bertz CT molecular complexity index is 954. The lowest BCUT2D eigenvalue weighted by Crippen LogP contribution is -2.37. The fourth-order valence-corrected chi connectivity index (χ4v) is 4.21. The minimum atomic E-state index is -0.278. The van der Waals surface area contributed by atoms with Gasteiger partial charge in [-0.15, -0.1) is 11.3 Å². The first kappa shape index (κ1) is 20.5. The number of ether oxygens (including phenoxy) is 1. The number of carbonyl (C=O) groups is 1. The number of hydrogen-bond donors (Lipinski definition) is 1. The highest BCUT2D eigenvalue weighted by Crippen LogP contribution is 2.22. The lowest BCUT2D eigenvalue weighted by molar-refractivity contribution is -0.121. The SMILES string of the molecule is O=C(Nc1ccccc1)C1CCN(Cc2csc(COc3ccc(F)cc3)n2)CC1. The van der Waals surface area contributed by atoms with Crippen molar-refractivity contribution in [1.82, 2.24) is 9.88 Å². The number of hydrogen-bond acceptors (Lipinski definition) is 5. The number of halogens is 1. The van der Waals surface area contributed by atoms with Crippen LogP contribution in [0.1, 0.15) is 23.5 Å². The maximum absolute atomic E-state index is 12.9. The molecule has 3 aromatic rings. The van der Waals surface area contributed by atoms with Crippen molar-refractivity contribution < 1.29 is 13.9 Å². The minimum Gasteiger partial charge on any atom is -0.486 e. The Labute approximate surface area is 179 Å². The topological polar surface area (TPSA) is 54.5 Å². The molecule has 1 aliphatic heterocycles. The van der Waals surface area contributed by atoms with Crippen LogP contribution in [-0.4, -0.2) is 28.9 Å². The van der Waals surface area contributed by atoms with Crippen LogP contribution in [0.25, 0.3) is 0 Å². The van der Waals surface area contributed by atoms with Gasteiger partial charge in [0, 0.05) is 23.5 Å². The third kappa shape index (κ3) is 5.64. The molecule has 1 saturated heterocycles. The Morgan fingerprint density at radius 3 is 2.60 bits per heavy atom. The van der Waals surface area contributed by atoms with Crippen molar-refractivity contribution in [2.45, 2.75) is 26.0 Å².